The van der Waals surface area contributed by atoms with Crippen LogP contribution in [0.3, 0.4) is 0 Å². The highest BCUT2D eigenvalue weighted by atomic mass is 16.2. The molecule has 0 unspecified atom stereocenters. The van der Waals surface area contributed by atoms with Gasteiger partial charge in [0.25, 0.3) is 0 Å². The number of ketones is 1. The molecule has 1 heterocycles. The zero-order valence-electron chi connectivity index (χ0n) is 11.9. The Morgan fingerprint density at radius 2 is 1.84 bits per heavy atom. The number of hydrogen-bond acceptors (Lipinski definition) is 3. The second-order valence-corrected chi connectivity index (χ2v) is 5.98. The lowest BCUT2D eigenvalue weighted by Gasteiger charge is -2.29. The first kappa shape index (κ1) is 14.2. The van der Waals surface area contributed by atoms with Crippen LogP contribution in [0, 0.1) is 17.8 Å². The normalized spacial score (nSPS) is 31.9. The fraction of sp³-hybridized carbons (Fsp3) is 0.800. The van der Waals surface area contributed by atoms with E-state index < -0.39 is 0 Å². The van der Waals surface area contributed by atoms with Crippen LogP contribution in [-0.2, 0) is 14.4 Å². The molecule has 19 heavy (non-hydrogen) atoms. The third-order valence-electron chi connectivity index (χ3n) is 4.69. The van der Waals surface area contributed by atoms with Crippen molar-refractivity contribution in [3.8, 4) is 0 Å². The highest BCUT2D eigenvalue weighted by molar-refractivity contribution is 6.03. The van der Waals surface area contributed by atoms with Crippen LogP contribution < -0.4 is 0 Å². The van der Waals surface area contributed by atoms with Crippen molar-refractivity contribution in [3.63, 3.8) is 0 Å². The summed E-state index contributed by atoms with van der Waals surface area (Å²) in [6, 6.07) is 0. The van der Waals surface area contributed by atoms with Gasteiger partial charge in [0, 0.05) is 24.8 Å². The molecule has 1 aliphatic carbocycles. The number of likely N-dealkylation sites (tertiary alicyclic amines) is 1. The Labute approximate surface area is 114 Å². The molecule has 0 spiro atoms. The van der Waals surface area contributed by atoms with Crippen molar-refractivity contribution in [1.29, 1.82) is 0 Å². The summed E-state index contributed by atoms with van der Waals surface area (Å²) in [5.41, 5.74) is 0. The first-order valence-electron chi connectivity index (χ1n) is 7.37. The third kappa shape index (κ3) is 3.04. The average Bonchev–Trinajstić information content (AvgIpc) is 2.67. The molecule has 0 aromatic carbocycles. The van der Waals surface area contributed by atoms with E-state index in [1.807, 2.05) is 6.92 Å². The lowest BCUT2D eigenvalue weighted by molar-refractivity contribution is -0.140. The molecule has 106 valence electrons. The van der Waals surface area contributed by atoms with Gasteiger partial charge >= 0.3 is 0 Å². The Hall–Kier alpha value is -1.19. The summed E-state index contributed by atoms with van der Waals surface area (Å²) >= 11 is 0. The molecule has 0 aromatic rings. The fourth-order valence-corrected chi connectivity index (χ4v) is 3.27. The largest absolute Gasteiger partial charge is 0.300 e. The first-order chi connectivity index (χ1) is 9.02. The topological polar surface area (TPSA) is 54.5 Å². The maximum atomic E-state index is 12.0. The molecule has 1 saturated carbocycles. The Bertz CT molecular complexity index is 383. The monoisotopic (exact) mass is 265 g/mol. The van der Waals surface area contributed by atoms with Crippen LogP contribution >= 0.6 is 0 Å². The van der Waals surface area contributed by atoms with Gasteiger partial charge in [0.1, 0.15) is 5.78 Å². The SMILES string of the molecule is CC[C@H]1CC(=O)N(C[C@H]2CC[C@H](C(C)=O)CC2)C1=O. The molecule has 1 aliphatic heterocycles. The van der Waals surface area contributed by atoms with E-state index in [0.29, 0.717) is 18.9 Å². The molecule has 2 fully saturated rings. The summed E-state index contributed by atoms with van der Waals surface area (Å²) in [5, 5.41) is 0. The van der Waals surface area contributed by atoms with Crippen LogP contribution in [-0.4, -0.2) is 29.0 Å². The van der Waals surface area contributed by atoms with Gasteiger partial charge in [-0.25, -0.2) is 0 Å². The number of hydrogen-bond donors (Lipinski definition) is 0. The molecular weight excluding hydrogens is 242 g/mol. The second-order valence-electron chi connectivity index (χ2n) is 5.98. The van der Waals surface area contributed by atoms with Crippen molar-refractivity contribution >= 4 is 17.6 Å². The van der Waals surface area contributed by atoms with Crippen molar-refractivity contribution in [3.05, 3.63) is 0 Å². The number of carbonyl (C=O) groups excluding carboxylic acids is 3. The van der Waals surface area contributed by atoms with Crippen molar-refractivity contribution in [1.82, 2.24) is 4.90 Å². The van der Waals surface area contributed by atoms with Crippen molar-refractivity contribution in [2.75, 3.05) is 6.54 Å². The summed E-state index contributed by atoms with van der Waals surface area (Å²) in [4.78, 5) is 36.7. The summed E-state index contributed by atoms with van der Waals surface area (Å²) in [7, 11) is 0. The molecule has 2 rings (SSSR count). The van der Waals surface area contributed by atoms with Crippen LogP contribution in [0.25, 0.3) is 0 Å². The van der Waals surface area contributed by atoms with E-state index >= 15 is 0 Å². The van der Waals surface area contributed by atoms with Gasteiger partial charge in [-0.15, -0.1) is 0 Å². The smallest absolute Gasteiger partial charge is 0.232 e. The zero-order valence-corrected chi connectivity index (χ0v) is 11.9. The third-order valence-corrected chi connectivity index (χ3v) is 4.69. The summed E-state index contributed by atoms with van der Waals surface area (Å²) in [6.07, 6.45) is 4.87. The van der Waals surface area contributed by atoms with Crippen molar-refractivity contribution in [2.45, 2.75) is 52.4 Å². The first-order valence-corrected chi connectivity index (χ1v) is 7.37. The molecule has 1 saturated heterocycles. The predicted octanol–water partition coefficient (Wildman–Crippen LogP) is 2.17. The van der Waals surface area contributed by atoms with Gasteiger partial charge in [0.2, 0.25) is 11.8 Å². The van der Waals surface area contributed by atoms with E-state index in [-0.39, 0.29) is 29.4 Å². The second kappa shape index (κ2) is 5.85. The van der Waals surface area contributed by atoms with Crippen molar-refractivity contribution in [2.24, 2.45) is 17.8 Å². The van der Waals surface area contributed by atoms with Crippen molar-refractivity contribution < 1.29 is 14.4 Å². The highest BCUT2D eigenvalue weighted by Crippen LogP contribution is 2.32. The van der Waals surface area contributed by atoms with Crippen LogP contribution in [0.4, 0.5) is 0 Å². The Balaban J connectivity index is 1.87. The van der Waals surface area contributed by atoms with Crippen LogP contribution in [0.5, 0.6) is 0 Å². The van der Waals surface area contributed by atoms with E-state index in [9.17, 15) is 14.4 Å². The minimum Gasteiger partial charge on any atom is -0.300 e. The maximum absolute atomic E-state index is 12.0. The van der Waals surface area contributed by atoms with Crippen LogP contribution in [0.1, 0.15) is 52.4 Å². The molecule has 0 radical (unpaired) electrons. The molecule has 2 aliphatic rings. The predicted molar refractivity (Wildman–Crippen MR) is 71.2 cm³/mol. The number of rotatable bonds is 4. The Kier molecular flexibility index (Phi) is 4.38. The van der Waals surface area contributed by atoms with Gasteiger partial charge in [-0.2, -0.15) is 0 Å². The Morgan fingerprint density at radius 1 is 1.21 bits per heavy atom. The quantitative estimate of drug-likeness (QED) is 0.732. The number of imide groups is 1. The number of nitrogens with zero attached hydrogens (tertiary/aromatic N) is 1. The van der Waals surface area contributed by atoms with Gasteiger partial charge in [-0.1, -0.05) is 6.92 Å². The van der Waals surface area contributed by atoms with Gasteiger partial charge in [0.15, 0.2) is 0 Å². The molecule has 0 bridgehead atoms. The number of carbonyl (C=O) groups is 3. The van der Waals surface area contributed by atoms with E-state index in [1.54, 1.807) is 6.92 Å². The summed E-state index contributed by atoms with van der Waals surface area (Å²) in [5.74, 6) is 0.773. The minimum absolute atomic E-state index is 0.00876. The van der Waals surface area contributed by atoms with E-state index in [1.165, 1.54) is 4.90 Å². The molecular formula is C15H23NO3. The van der Waals surface area contributed by atoms with Gasteiger partial charge < -0.3 is 0 Å². The summed E-state index contributed by atoms with van der Waals surface area (Å²) < 4.78 is 0. The number of Topliss-reactive ketones (excluding diaryl/α,β-unsaturated/α-hetero) is 1. The summed E-state index contributed by atoms with van der Waals surface area (Å²) in [6.45, 7) is 4.18. The van der Waals surface area contributed by atoms with E-state index in [4.69, 9.17) is 0 Å². The average molecular weight is 265 g/mol. The van der Waals surface area contributed by atoms with Gasteiger partial charge in [-0.05, 0) is 44.9 Å². The Morgan fingerprint density at radius 3 is 2.32 bits per heavy atom. The van der Waals surface area contributed by atoms with Crippen LogP contribution in [0.2, 0.25) is 0 Å². The molecule has 2 amide bonds. The fourth-order valence-electron chi connectivity index (χ4n) is 3.27. The van der Waals surface area contributed by atoms with Crippen LogP contribution in [0.15, 0.2) is 0 Å². The molecule has 0 N–H and O–H groups in total. The lowest BCUT2D eigenvalue weighted by Crippen LogP contribution is -2.36. The van der Waals surface area contributed by atoms with E-state index in [2.05, 4.69) is 0 Å². The number of amides is 2. The molecule has 4 heteroatoms. The standard InChI is InChI=1S/C15H23NO3/c1-3-12-8-14(18)16(15(12)19)9-11-4-6-13(7-5-11)10(2)17/h11-13H,3-9H2,1-2H3/t11-,12-,13-/m0/s1. The molecule has 0 aromatic heterocycles. The van der Waals surface area contributed by atoms with Gasteiger partial charge in [-0.3, -0.25) is 19.3 Å². The maximum Gasteiger partial charge on any atom is 0.232 e. The van der Waals surface area contributed by atoms with Gasteiger partial charge in [0.05, 0.1) is 0 Å². The molecule has 4 nitrogen and oxygen atoms in total. The highest BCUT2D eigenvalue weighted by Gasteiger charge is 2.38. The molecule has 1 atom stereocenters. The lowest BCUT2D eigenvalue weighted by atomic mass is 9.80. The zero-order chi connectivity index (χ0) is 14.0. The van der Waals surface area contributed by atoms with E-state index in [0.717, 1.165) is 32.1 Å². The minimum atomic E-state index is -0.0962.